The normalized spacial score (nSPS) is 22.3. The Morgan fingerprint density at radius 2 is 2.27 bits per heavy atom. The molecule has 2 N–H and O–H groups in total. The van der Waals surface area contributed by atoms with Crippen LogP contribution in [0.3, 0.4) is 0 Å². The van der Waals surface area contributed by atoms with Gasteiger partial charge in [-0.1, -0.05) is 13.8 Å². The van der Waals surface area contributed by atoms with Crippen molar-refractivity contribution in [3.8, 4) is 0 Å². The molecule has 0 aliphatic carbocycles. The number of imidazole rings is 1. The van der Waals surface area contributed by atoms with Crippen molar-refractivity contribution in [2.24, 2.45) is 0 Å². The number of nitrogens with one attached hydrogen (secondary N) is 2. The molecule has 0 saturated carbocycles. The third-order valence-electron chi connectivity index (χ3n) is 2.74. The molecule has 2 heterocycles. The molecular formula is C11H19N3O. The highest BCUT2D eigenvalue weighted by Gasteiger charge is 2.21. The van der Waals surface area contributed by atoms with Crippen LogP contribution in [0.1, 0.15) is 43.0 Å². The summed E-state index contributed by atoms with van der Waals surface area (Å²) in [4.78, 5) is 7.97. The van der Waals surface area contributed by atoms with Gasteiger partial charge in [0.2, 0.25) is 0 Å². The molecule has 1 atom stereocenters. The summed E-state index contributed by atoms with van der Waals surface area (Å²) < 4.78 is 5.44. The fraction of sp³-hybridized carbons (Fsp3) is 0.727. The zero-order valence-corrected chi connectivity index (χ0v) is 9.63. The quantitative estimate of drug-likeness (QED) is 0.776. The van der Waals surface area contributed by atoms with Crippen LogP contribution in [0.4, 0.5) is 0 Å². The average Bonchev–Trinajstić information content (AvgIpc) is 2.62. The Morgan fingerprint density at radius 1 is 1.47 bits per heavy atom. The number of aromatic amines is 1. The van der Waals surface area contributed by atoms with Gasteiger partial charge in [-0.3, -0.25) is 0 Å². The van der Waals surface area contributed by atoms with Gasteiger partial charge in [-0.05, 0) is 6.92 Å². The molecule has 1 aliphatic rings. The highest BCUT2D eigenvalue weighted by Crippen LogP contribution is 2.20. The van der Waals surface area contributed by atoms with E-state index in [1.807, 2.05) is 0 Å². The highest BCUT2D eigenvalue weighted by molar-refractivity contribution is 5.19. The lowest BCUT2D eigenvalue weighted by Crippen LogP contribution is -2.35. The van der Waals surface area contributed by atoms with E-state index < -0.39 is 0 Å². The number of rotatable bonds is 2. The fourth-order valence-corrected chi connectivity index (χ4v) is 1.85. The number of nitrogens with zero attached hydrogens (tertiary/aromatic N) is 1. The zero-order chi connectivity index (χ0) is 10.8. The molecule has 1 aliphatic heterocycles. The Labute approximate surface area is 90.4 Å². The second-order valence-electron chi connectivity index (χ2n) is 4.37. The van der Waals surface area contributed by atoms with Gasteiger partial charge in [0.25, 0.3) is 0 Å². The lowest BCUT2D eigenvalue weighted by Gasteiger charge is -2.22. The summed E-state index contributed by atoms with van der Waals surface area (Å²) in [5.74, 6) is 1.51. The summed E-state index contributed by atoms with van der Waals surface area (Å²) in [6.07, 6.45) is 0. The third-order valence-corrected chi connectivity index (χ3v) is 2.74. The molecule has 1 aromatic heterocycles. The van der Waals surface area contributed by atoms with Crippen LogP contribution in [-0.2, 0) is 4.74 Å². The van der Waals surface area contributed by atoms with Gasteiger partial charge in [0, 0.05) is 18.2 Å². The van der Waals surface area contributed by atoms with Crippen LogP contribution in [0.25, 0.3) is 0 Å². The number of aromatic nitrogens is 2. The van der Waals surface area contributed by atoms with Gasteiger partial charge in [0.1, 0.15) is 5.82 Å². The molecule has 0 radical (unpaired) electrons. The van der Waals surface area contributed by atoms with Crippen molar-refractivity contribution >= 4 is 0 Å². The summed E-state index contributed by atoms with van der Waals surface area (Å²) in [5, 5.41) is 3.42. The first-order valence-corrected chi connectivity index (χ1v) is 5.56. The Morgan fingerprint density at radius 3 is 2.80 bits per heavy atom. The lowest BCUT2D eigenvalue weighted by atomic mass is 10.1. The van der Waals surface area contributed by atoms with E-state index in [9.17, 15) is 0 Å². The van der Waals surface area contributed by atoms with Crippen molar-refractivity contribution in [1.82, 2.24) is 15.3 Å². The van der Waals surface area contributed by atoms with Crippen molar-refractivity contribution in [1.29, 1.82) is 0 Å². The fourth-order valence-electron chi connectivity index (χ4n) is 1.85. The summed E-state index contributed by atoms with van der Waals surface area (Å²) in [7, 11) is 0. The lowest BCUT2D eigenvalue weighted by molar-refractivity contribution is 0.0755. The van der Waals surface area contributed by atoms with E-state index in [1.54, 1.807) is 0 Å². The van der Waals surface area contributed by atoms with Crippen LogP contribution >= 0.6 is 0 Å². The van der Waals surface area contributed by atoms with Crippen LogP contribution in [0.5, 0.6) is 0 Å². The Bertz CT molecular complexity index is 327. The van der Waals surface area contributed by atoms with Gasteiger partial charge in [0.05, 0.1) is 24.9 Å². The van der Waals surface area contributed by atoms with Crippen molar-refractivity contribution in [2.45, 2.75) is 32.7 Å². The number of hydrogen-bond donors (Lipinski definition) is 2. The Balaban J connectivity index is 2.19. The molecule has 1 unspecified atom stereocenters. The molecule has 15 heavy (non-hydrogen) atoms. The second-order valence-corrected chi connectivity index (χ2v) is 4.37. The minimum absolute atomic E-state index is 0.252. The van der Waals surface area contributed by atoms with E-state index in [-0.39, 0.29) is 6.04 Å². The minimum atomic E-state index is 0.252. The molecule has 0 aromatic carbocycles. The van der Waals surface area contributed by atoms with Gasteiger partial charge in [-0.25, -0.2) is 4.98 Å². The van der Waals surface area contributed by atoms with Gasteiger partial charge in [0.15, 0.2) is 0 Å². The van der Waals surface area contributed by atoms with Crippen LogP contribution in [0.15, 0.2) is 0 Å². The topological polar surface area (TPSA) is 49.9 Å². The maximum absolute atomic E-state index is 5.44. The van der Waals surface area contributed by atoms with Crippen LogP contribution < -0.4 is 5.32 Å². The molecule has 0 bridgehead atoms. The summed E-state index contributed by atoms with van der Waals surface area (Å²) in [6, 6.07) is 0.252. The van der Waals surface area contributed by atoms with Gasteiger partial charge in [-0.15, -0.1) is 0 Å². The minimum Gasteiger partial charge on any atom is -0.378 e. The van der Waals surface area contributed by atoms with E-state index in [4.69, 9.17) is 4.74 Å². The average molecular weight is 209 g/mol. The molecule has 1 fully saturated rings. The predicted molar refractivity (Wildman–Crippen MR) is 59.0 cm³/mol. The zero-order valence-electron chi connectivity index (χ0n) is 9.63. The van der Waals surface area contributed by atoms with Gasteiger partial charge in [-0.2, -0.15) is 0 Å². The van der Waals surface area contributed by atoms with E-state index in [1.165, 1.54) is 0 Å². The molecule has 2 rings (SSSR count). The van der Waals surface area contributed by atoms with Crippen LogP contribution in [-0.4, -0.2) is 29.7 Å². The molecule has 4 nitrogen and oxygen atoms in total. The highest BCUT2D eigenvalue weighted by atomic mass is 16.5. The third kappa shape index (κ3) is 2.21. The Hall–Kier alpha value is -0.870. The smallest absolute Gasteiger partial charge is 0.109 e. The molecule has 1 aromatic rings. The first-order chi connectivity index (χ1) is 7.18. The first-order valence-electron chi connectivity index (χ1n) is 5.56. The maximum Gasteiger partial charge on any atom is 0.109 e. The molecule has 4 heteroatoms. The van der Waals surface area contributed by atoms with E-state index in [0.29, 0.717) is 5.92 Å². The first kappa shape index (κ1) is 10.6. The van der Waals surface area contributed by atoms with Crippen molar-refractivity contribution in [3.05, 3.63) is 17.2 Å². The van der Waals surface area contributed by atoms with Gasteiger partial charge >= 0.3 is 0 Å². The van der Waals surface area contributed by atoms with Crippen molar-refractivity contribution < 1.29 is 4.74 Å². The molecule has 0 spiro atoms. The second kappa shape index (κ2) is 4.33. The van der Waals surface area contributed by atoms with Crippen LogP contribution in [0.2, 0.25) is 0 Å². The van der Waals surface area contributed by atoms with E-state index >= 15 is 0 Å². The number of hydrogen-bond acceptors (Lipinski definition) is 3. The van der Waals surface area contributed by atoms with Crippen molar-refractivity contribution in [2.75, 3.05) is 19.8 Å². The SMILES string of the molecule is Cc1[nH]c(C(C)C)nc1C1COCCN1. The Kier molecular flexibility index (Phi) is 3.07. The largest absolute Gasteiger partial charge is 0.378 e. The van der Waals surface area contributed by atoms with Gasteiger partial charge < -0.3 is 15.0 Å². The van der Waals surface area contributed by atoms with Crippen LogP contribution in [0, 0.1) is 6.92 Å². The maximum atomic E-state index is 5.44. The number of H-pyrrole nitrogens is 1. The summed E-state index contributed by atoms with van der Waals surface area (Å²) in [6.45, 7) is 8.80. The standard InChI is InChI=1S/C11H19N3O/c1-7(2)11-13-8(3)10(14-11)9-6-15-5-4-12-9/h7,9,12H,4-6H2,1-3H3,(H,13,14). The summed E-state index contributed by atoms with van der Waals surface area (Å²) in [5.41, 5.74) is 2.26. The van der Waals surface area contributed by atoms with Crippen molar-refractivity contribution in [3.63, 3.8) is 0 Å². The number of ether oxygens (including phenoxy) is 1. The molecule has 1 saturated heterocycles. The molecule has 0 amide bonds. The molecular weight excluding hydrogens is 190 g/mol. The number of morpholine rings is 1. The molecule has 84 valence electrons. The summed E-state index contributed by atoms with van der Waals surface area (Å²) >= 11 is 0. The number of aryl methyl sites for hydroxylation is 1. The van der Waals surface area contributed by atoms with E-state index in [0.717, 1.165) is 37.0 Å². The van der Waals surface area contributed by atoms with E-state index in [2.05, 4.69) is 36.1 Å². The monoisotopic (exact) mass is 209 g/mol. The predicted octanol–water partition coefficient (Wildman–Crippen LogP) is 1.50.